The number of nitro benzene ring substituents is 1. The summed E-state index contributed by atoms with van der Waals surface area (Å²) < 4.78 is 0. The first kappa shape index (κ1) is 14.8. The van der Waals surface area contributed by atoms with E-state index in [0.29, 0.717) is 5.95 Å². The van der Waals surface area contributed by atoms with Gasteiger partial charge in [-0.25, -0.2) is 10.4 Å². The Labute approximate surface area is 134 Å². The SMILES string of the molecule is O=[N+]([O-])c1cc(Cl)cc(C=NNc2nc3ccccc3[nH]2)c1O. The van der Waals surface area contributed by atoms with Crippen molar-refractivity contribution in [2.75, 3.05) is 5.43 Å². The Morgan fingerprint density at radius 1 is 1.39 bits per heavy atom. The number of aromatic nitrogens is 2. The molecule has 0 aliphatic rings. The van der Waals surface area contributed by atoms with Crippen LogP contribution in [0.5, 0.6) is 5.75 Å². The minimum Gasteiger partial charge on any atom is -0.502 e. The fraction of sp³-hybridized carbons (Fsp3) is 0. The number of imidazole rings is 1. The zero-order chi connectivity index (χ0) is 16.4. The highest BCUT2D eigenvalue weighted by Gasteiger charge is 2.17. The summed E-state index contributed by atoms with van der Waals surface area (Å²) in [5.41, 5.74) is 3.90. The molecule has 116 valence electrons. The molecule has 0 radical (unpaired) electrons. The van der Waals surface area contributed by atoms with Gasteiger partial charge in [0, 0.05) is 16.7 Å². The number of aromatic hydroxyl groups is 1. The van der Waals surface area contributed by atoms with Crippen molar-refractivity contribution in [3.63, 3.8) is 0 Å². The largest absolute Gasteiger partial charge is 0.502 e. The molecule has 3 aromatic rings. The van der Waals surface area contributed by atoms with E-state index >= 15 is 0 Å². The number of phenols is 1. The molecule has 0 saturated heterocycles. The van der Waals surface area contributed by atoms with E-state index in [1.165, 1.54) is 12.3 Å². The van der Waals surface area contributed by atoms with E-state index < -0.39 is 16.4 Å². The number of nitro groups is 1. The van der Waals surface area contributed by atoms with Gasteiger partial charge >= 0.3 is 5.69 Å². The molecule has 1 heterocycles. The summed E-state index contributed by atoms with van der Waals surface area (Å²) in [6, 6.07) is 9.88. The lowest BCUT2D eigenvalue weighted by atomic mass is 10.2. The first-order chi connectivity index (χ1) is 11.0. The molecule has 0 atom stereocenters. The average Bonchev–Trinajstić information content (AvgIpc) is 2.92. The number of rotatable bonds is 4. The van der Waals surface area contributed by atoms with Crippen LogP contribution in [0.1, 0.15) is 5.56 Å². The van der Waals surface area contributed by atoms with Gasteiger partial charge in [0.15, 0.2) is 0 Å². The lowest BCUT2D eigenvalue weighted by Crippen LogP contribution is -1.95. The molecule has 0 aliphatic carbocycles. The molecule has 0 saturated carbocycles. The number of H-pyrrole nitrogens is 1. The number of hydrogen-bond acceptors (Lipinski definition) is 6. The Morgan fingerprint density at radius 2 is 2.17 bits per heavy atom. The monoisotopic (exact) mass is 331 g/mol. The maximum absolute atomic E-state index is 10.8. The van der Waals surface area contributed by atoms with Crippen LogP contribution in [0, 0.1) is 10.1 Å². The number of halogens is 1. The Morgan fingerprint density at radius 3 is 2.91 bits per heavy atom. The second-order valence-corrected chi connectivity index (χ2v) is 5.03. The summed E-state index contributed by atoms with van der Waals surface area (Å²) in [4.78, 5) is 17.4. The van der Waals surface area contributed by atoms with Crippen molar-refractivity contribution in [1.82, 2.24) is 9.97 Å². The molecule has 3 rings (SSSR count). The third-order valence-corrected chi connectivity index (χ3v) is 3.26. The number of anilines is 1. The van der Waals surface area contributed by atoms with Gasteiger partial charge in [-0.05, 0) is 18.2 Å². The van der Waals surface area contributed by atoms with Crippen LogP contribution in [0.3, 0.4) is 0 Å². The predicted molar refractivity (Wildman–Crippen MR) is 87.1 cm³/mol. The number of fused-ring (bicyclic) bond motifs is 1. The lowest BCUT2D eigenvalue weighted by Gasteiger charge is -2.01. The molecular weight excluding hydrogens is 322 g/mol. The number of benzene rings is 2. The maximum atomic E-state index is 10.8. The second-order valence-electron chi connectivity index (χ2n) is 4.59. The van der Waals surface area contributed by atoms with E-state index in [-0.39, 0.29) is 10.6 Å². The highest BCUT2D eigenvalue weighted by Crippen LogP contribution is 2.32. The fourth-order valence-electron chi connectivity index (χ4n) is 2.01. The standard InChI is InChI=1S/C14H10ClN5O3/c15-9-5-8(13(21)12(6-9)20(22)23)7-16-19-14-17-10-3-1-2-4-11(10)18-14/h1-7,21H,(H2,17,18,19). The van der Waals surface area contributed by atoms with Gasteiger partial charge in [0.2, 0.25) is 11.7 Å². The molecule has 0 unspecified atom stereocenters. The van der Waals surface area contributed by atoms with Crippen LogP contribution in [-0.4, -0.2) is 26.2 Å². The van der Waals surface area contributed by atoms with Crippen LogP contribution in [0.4, 0.5) is 11.6 Å². The lowest BCUT2D eigenvalue weighted by molar-refractivity contribution is -0.385. The average molecular weight is 332 g/mol. The van der Waals surface area contributed by atoms with Crippen LogP contribution in [0.2, 0.25) is 5.02 Å². The number of phenolic OH excluding ortho intramolecular Hbond substituents is 1. The third-order valence-electron chi connectivity index (χ3n) is 3.04. The number of nitrogens with one attached hydrogen (secondary N) is 2. The number of hydrazone groups is 1. The molecule has 2 aromatic carbocycles. The number of para-hydroxylation sites is 2. The summed E-state index contributed by atoms with van der Waals surface area (Å²) in [5, 5.41) is 24.7. The van der Waals surface area contributed by atoms with Crippen molar-refractivity contribution in [1.29, 1.82) is 0 Å². The molecular formula is C14H10ClN5O3. The smallest absolute Gasteiger partial charge is 0.312 e. The summed E-state index contributed by atoms with van der Waals surface area (Å²) in [5.74, 6) is -0.104. The first-order valence-electron chi connectivity index (χ1n) is 6.45. The molecule has 1 aromatic heterocycles. The van der Waals surface area contributed by atoms with Crippen LogP contribution in [-0.2, 0) is 0 Å². The van der Waals surface area contributed by atoms with Crippen molar-refractivity contribution < 1.29 is 10.0 Å². The Kier molecular flexibility index (Phi) is 3.82. The van der Waals surface area contributed by atoms with Crippen LogP contribution in [0.15, 0.2) is 41.5 Å². The zero-order valence-electron chi connectivity index (χ0n) is 11.5. The predicted octanol–water partition coefficient (Wildman–Crippen LogP) is 3.28. The summed E-state index contributed by atoms with van der Waals surface area (Å²) in [7, 11) is 0. The van der Waals surface area contributed by atoms with Crippen molar-refractivity contribution >= 4 is 40.5 Å². The topological polar surface area (TPSA) is 116 Å². The minimum absolute atomic E-state index is 0.118. The van der Waals surface area contributed by atoms with E-state index in [0.717, 1.165) is 17.1 Å². The summed E-state index contributed by atoms with van der Waals surface area (Å²) in [6.07, 6.45) is 1.22. The Bertz CT molecular complexity index is 889. The van der Waals surface area contributed by atoms with Gasteiger partial charge in [0.25, 0.3) is 0 Å². The van der Waals surface area contributed by atoms with Gasteiger partial charge < -0.3 is 10.1 Å². The molecule has 0 amide bonds. The van der Waals surface area contributed by atoms with Crippen molar-refractivity contribution in [3.05, 3.63) is 57.1 Å². The minimum atomic E-state index is -0.717. The van der Waals surface area contributed by atoms with Gasteiger partial charge in [-0.2, -0.15) is 5.10 Å². The van der Waals surface area contributed by atoms with Gasteiger partial charge in [0.1, 0.15) is 0 Å². The normalized spacial score (nSPS) is 11.2. The van der Waals surface area contributed by atoms with E-state index in [4.69, 9.17) is 11.6 Å². The second kappa shape index (κ2) is 5.93. The van der Waals surface area contributed by atoms with Gasteiger partial charge in [0.05, 0.1) is 22.2 Å². The quantitative estimate of drug-likeness (QED) is 0.385. The summed E-state index contributed by atoms with van der Waals surface area (Å²) >= 11 is 5.80. The van der Waals surface area contributed by atoms with Crippen molar-refractivity contribution in [3.8, 4) is 5.75 Å². The van der Waals surface area contributed by atoms with Crippen LogP contribution < -0.4 is 5.43 Å². The van der Waals surface area contributed by atoms with Crippen LogP contribution in [0.25, 0.3) is 11.0 Å². The van der Waals surface area contributed by atoms with Crippen molar-refractivity contribution in [2.24, 2.45) is 5.10 Å². The molecule has 0 bridgehead atoms. The molecule has 8 nitrogen and oxygen atoms in total. The fourth-order valence-corrected chi connectivity index (χ4v) is 2.23. The highest BCUT2D eigenvalue weighted by atomic mass is 35.5. The van der Waals surface area contributed by atoms with Gasteiger partial charge in [-0.15, -0.1) is 0 Å². The number of nitrogens with zero attached hydrogens (tertiary/aromatic N) is 3. The molecule has 0 spiro atoms. The van der Waals surface area contributed by atoms with Crippen molar-refractivity contribution in [2.45, 2.75) is 0 Å². The highest BCUT2D eigenvalue weighted by molar-refractivity contribution is 6.31. The molecule has 0 fully saturated rings. The number of hydrogen-bond donors (Lipinski definition) is 3. The molecule has 0 aliphatic heterocycles. The molecule has 9 heteroatoms. The third kappa shape index (κ3) is 3.06. The zero-order valence-corrected chi connectivity index (χ0v) is 12.3. The van der Waals surface area contributed by atoms with Crippen LogP contribution >= 0.6 is 11.6 Å². The van der Waals surface area contributed by atoms with Gasteiger partial charge in [-0.1, -0.05) is 23.7 Å². The Hall–Kier alpha value is -3.13. The molecule has 23 heavy (non-hydrogen) atoms. The van der Waals surface area contributed by atoms with E-state index in [1.54, 1.807) is 0 Å². The van der Waals surface area contributed by atoms with E-state index in [2.05, 4.69) is 20.5 Å². The Balaban J connectivity index is 1.84. The molecule has 3 N–H and O–H groups in total. The van der Waals surface area contributed by atoms with Gasteiger partial charge in [-0.3, -0.25) is 10.1 Å². The summed E-state index contributed by atoms with van der Waals surface area (Å²) in [6.45, 7) is 0. The van der Waals surface area contributed by atoms with E-state index in [1.807, 2.05) is 24.3 Å². The van der Waals surface area contributed by atoms with E-state index in [9.17, 15) is 15.2 Å². The number of aromatic amines is 1. The first-order valence-corrected chi connectivity index (χ1v) is 6.83. The maximum Gasteiger partial charge on any atom is 0.312 e.